The van der Waals surface area contributed by atoms with Gasteiger partial charge in [-0.15, -0.1) is 0 Å². The fraction of sp³-hybridized carbons (Fsp3) is 0.625. The van der Waals surface area contributed by atoms with Crippen molar-refractivity contribution in [1.29, 1.82) is 0 Å². The zero-order valence-electron chi connectivity index (χ0n) is 13.5. The van der Waals surface area contributed by atoms with Crippen LogP contribution >= 0.6 is 0 Å². The molecular weight excluding hydrogens is 298 g/mol. The molecule has 0 unspecified atom stereocenters. The lowest BCUT2D eigenvalue weighted by Gasteiger charge is -2.49. The largest absolute Gasteiger partial charge is 0.477 e. The van der Waals surface area contributed by atoms with Crippen molar-refractivity contribution in [3.8, 4) is 0 Å². The SMILES string of the molecule is C[C@@H](O[Si](C)(C)C)[C@H]1C(=O)N2C(C(=O)O)=C3C=CCC[C@@H]3[C@H]12. The summed E-state index contributed by atoms with van der Waals surface area (Å²) in [7, 11) is -1.74. The van der Waals surface area contributed by atoms with Gasteiger partial charge < -0.3 is 14.4 Å². The molecule has 2 heterocycles. The molecule has 0 aromatic rings. The Labute approximate surface area is 131 Å². The summed E-state index contributed by atoms with van der Waals surface area (Å²) in [5, 5.41) is 9.49. The lowest BCUT2D eigenvalue weighted by molar-refractivity contribution is -0.162. The Morgan fingerprint density at radius 2 is 2.14 bits per heavy atom. The Hall–Kier alpha value is -1.40. The summed E-state index contributed by atoms with van der Waals surface area (Å²) in [5.74, 6) is -1.16. The van der Waals surface area contributed by atoms with Crippen LogP contribution in [0.25, 0.3) is 0 Å². The van der Waals surface area contributed by atoms with Crippen LogP contribution < -0.4 is 0 Å². The molecule has 3 rings (SSSR count). The van der Waals surface area contributed by atoms with Gasteiger partial charge in [0.25, 0.3) is 0 Å². The monoisotopic (exact) mass is 321 g/mol. The molecule has 6 heteroatoms. The second-order valence-corrected chi connectivity index (χ2v) is 11.8. The van der Waals surface area contributed by atoms with E-state index in [1.807, 2.05) is 19.1 Å². The van der Waals surface area contributed by atoms with Gasteiger partial charge in [-0.25, -0.2) is 4.79 Å². The summed E-state index contributed by atoms with van der Waals surface area (Å²) in [5.41, 5.74) is 1.01. The molecular formula is C16H23NO4Si. The third kappa shape index (κ3) is 2.25. The average Bonchev–Trinajstić information content (AvgIpc) is 2.68. The number of carboxylic acid groups (broad SMARTS) is 1. The average molecular weight is 321 g/mol. The van der Waals surface area contributed by atoms with Crippen LogP contribution in [-0.4, -0.2) is 42.3 Å². The van der Waals surface area contributed by atoms with E-state index in [0.29, 0.717) is 0 Å². The van der Waals surface area contributed by atoms with E-state index in [1.165, 1.54) is 4.90 Å². The summed E-state index contributed by atoms with van der Waals surface area (Å²) >= 11 is 0. The highest BCUT2D eigenvalue weighted by Crippen LogP contribution is 2.51. The van der Waals surface area contributed by atoms with E-state index >= 15 is 0 Å². The summed E-state index contributed by atoms with van der Waals surface area (Å²) in [4.78, 5) is 25.7. The van der Waals surface area contributed by atoms with E-state index < -0.39 is 14.3 Å². The molecule has 120 valence electrons. The quantitative estimate of drug-likeness (QED) is 0.638. The third-order valence-electron chi connectivity index (χ3n) is 4.70. The van der Waals surface area contributed by atoms with Crippen molar-refractivity contribution in [2.24, 2.45) is 11.8 Å². The van der Waals surface area contributed by atoms with Crippen molar-refractivity contribution in [3.63, 3.8) is 0 Å². The van der Waals surface area contributed by atoms with Crippen molar-refractivity contribution in [3.05, 3.63) is 23.4 Å². The van der Waals surface area contributed by atoms with Crippen molar-refractivity contribution in [1.82, 2.24) is 4.90 Å². The molecule has 1 saturated heterocycles. The molecule has 1 amide bonds. The Bertz CT molecular complexity index is 589. The molecule has 0 bridgehead atoms. The highest BCUT2D eigenvalue weighted by molar-refractivity contribution is 6.69. The standard InChI is InChI=1S/C16H23NO4Si/c1-9(21-22(2,3)4)12-13-10-7-5-6-8-11(10)14(16(19)20)17(13)15(12)18/h6,8-10,12-13H,5,7H2,1-4H3,(H,19,20)/t9-,10+,12-,13-/m1/s1. The maximum atomic E-state index is 12.6. The predicted molar refractivity (Wildman–Crippen MR) is 84.5 cm³/mol. The van der Waals surface area contributed by atoms with Crippen LogP contribution in [-0.2, 0) is 14.0 Å². The van der Waals surface area contributed by atoms with Crippen molar-refractivity contribution in [2.75, 3.05) is 0 Å². The number of nitrogens with zero attached hydrogens (tertiary/aromatic N) is 1. The van der Waals surface area contributed by atoms with Gasteiger partial charge in [0, 0.05) is 5.92 Å². The number of amides is 1. The summed E-state index contributed by atoms with van der Waals surface area (Å²) in [6, 6.07) is -0.0371. The second kappa shape index (κ2) is 5.06. The van der Waals surface area contributed by atoms with Crippen LogP contribution in [0.2, 0.25) is 19.6 Å². The van der Waals surface area contributed by atoms with E-state index in [2.05, 4.69) is 19.6 Å². The minimum Gasteiger partial charge on any atom is -0.477 e. The molecule has 0 aromatic carbocycles. The van der Waals surface area contributed by atoms with Gasteiger partial charge in [0.1, 0.15) is 5.70 Å². The molecule has 3 aliphatic rings. The first-order valence-electron chi connectivity index (χ1n) is 7.87. The minimum absolute atomic E-state index is 0.0371. The molecule has 2 aliphatic heterocycles. The van der Waals surface area contributed by atoms with E-state index in [1.54, 1.807) is 0 Å². The number of allylic oxidation sites excluding steroid dienone is 2. The number of carbonyl (C=O) groups is 2. The molecule has 22 heavy (non-hydrogen) atoms. The van der Waals surface area contributed by atoms with Crippen LogP contribution in [0.3, 0.4) is 0 Å². The molecule has 0 saturated carbocycles. The zero-order valence-corrected chi connectivity index (χ0v) is 14.5. The van der Waals surface area contributed by atoms with E-state index in [-0.39, 0.29) is 35.6 Å². The van der Waals surface area contributed by atoms with Crippen LogP contribution in [0.4, 0.5) is 0 Å². The molecule has 1 aliphatic carbocycles. The number of carboxylic acids is 1. The zero-order chi connectivity index (χ0) is 16.2. The lowest BCUT2D eigenvalue weighted by Crippen LogP contribution is -2.65. The summed E-state index contributed by atoms with van der Waals surface area (Å²) in [6.45, 7) is 8.27. The number of aliphatic carboxylic acids is 1. The predicted octanol–water partition coefficient (Wildman–Crippen LogP) is 2.37. The molecule has 1 N–H and O–H groups in total. The Balaban J connectivity index is 1.89. The minimum atomic E-state index is -1.74. The number of rotatable bonds is 4. The Morgan fingerprint density at radius 1 is 1.45 bits per heavy atom. The van der Waals surface area contributed by atoms with Gasteiger partial charge >= 0.3 is 5.97 Å². The van der Waals surface area contributed by atoms with Crippen LogP contribution in [0, 0.1) is 11.8 Å². The van der Waals surface area contributed by atoms with Crippen molar-refractivity contribution >= 4 is 20.2 Å². The fourth-order valence-electron chi connectivity index (χ4n) is 4.07. The Kier molecular flexibility index (Phi) is 3.56. The number of carbonyl (C=O) groups excluding carboxylic acids is 1. The normalized spacial score (nSPS) is 31.7. The van der Waals surface area contributed by atoms with Gasteiger partial charge in [0.2, 0.25) is 5.91 Å². The highest BCUT2D eigenvalue weighted by Gasteiger charge is 2.61. The third-order valence-corrected chi connectivity index (χ3v) is 5.78. The van der Waals surface area contributed by atoms with Gasteiger partial charge in [-0.05, 0) is 45.0 Å². The highest BCUT2D eigenvalue weighted by atomic mass is 28.4. The first-order chi connectivity index (χ1) is 10.2. The molecule has 1 fully saturated rings. The van der Waals surface area contributed by atoms with E-state index in [0.717, 1.165) is 18.4 Å². The smallest absolute Gasteiger partial charge is 0.352 e. The van der Waals surface area contributed by atoms with Crippen LogP contribution in [0.1, 0.15) is 19.8 Å². The fourth-order valence-corrected chi connectivity index (χ4v) is 5.33. The van der Waals surface area contributed by atoms with Crippen LogP contribution in [0.15, 0.2) is 23.4 Å². The number of fused-ring (bicyclic) bond motifs is 3. The number of hydrogen-bond donors (Lipinski definition) is 1. The van der Waals surface area contributed by atoms with E-state index in [4.69, 9.17) is 4.43 Å². The van der Waals surface area contributed by atoms with Crippen LogP contribution in [0.5, 0.6) is 0 Å². The number of β-lactam (4-membered cyclic amide) rings is 1. The molecule has 5 nitrogen and oxygen atoms in total. The van der Waals surface area contributed by atoms with Gasteiger partial charge in [0.15, 0.2) is 8.32 Å². The molecule has 4 atom stereocenters. The summed E-state index contributed by atoms with van der Waals surface area (Å²) < 4.78 is 6.10. The topological polar surface area (TPSA) is 66.8 Å². The van der Waals surface area contributed by atoms with Crippen molar-refractivity contribution in [2.45, 2.75) is 51.6 Å². The molecule has 0 radical (unpaired) electrons. The van der Waals surface area contributed by atoms with Gasteiger partial charge in [-0.2, -0.15) is 0 Å². The molecule has 0 aromatic heterocycles. The maximum Gasteiger partial charge on any atom is 0.352 e. The van der Waals surface area contributed by atoms with E-state index in [9.17, 15) is 14.7 Å². The summed E-state index contributed by atoms with van der Waals surface area (Å²) in [6.07, 6.45) is 5.59. The van der Waals surface area contributed by atoms with Gasteiger partial charge in [-0.1, -0.05) is 12.2 Å². The first kappa shape index (κ1) is 15.5. The first-order valence-corrected chi connectivity index (χ1v) is 11.3. The maximum absolute atomic E-state index is 12.6. The van der Waals surface area contributed by atoms with Gasteiger partial charge in [0.05, 0.1) is 18.1 Å². The number of hydrogen-bond acceptors (Lipinski definition) is 3. The van der Waals surface area contributed by atoms with Crippen molar-refractivity contribution < 1.29 is 19.1 Å². The Morgan fingerprint density at radius 3 is 2.73 bits per heavy atom. The second-order valence-electron chi connectivity index (χ2n) is 7.36. The molecule has 0 spiro atoms. The lowest BCUT2D eigenvalue weighted by atomic mass is 9.74. The van der Waals surface area contributed by atoms with Gasteiger partial charge in [-0.3, -0.25) is 4.79 Å².